The van der Waals surface area contributed by atoms with Crippen molar-refractivity contribution in [2.45, 2.75) is 0 Å². The summed E-state index contributed by atoms with van der Waals surface area (Å²) >= 11 is 2.01. The Labute approximate surface area is 87.3 Å². The predicted octanol–water partition coefficient (Wildman–Crippen LogP) is 1.96. The number of fused-ring (bicyclic) bond motifs is 1. The summed E-state index contributed by atoms with van der Waals surface area (Å²) in [6.07, 6.45) is 1.37. The molecular formula is C8H5FIN3. The van der Waals surface area contributed by atoms with Crippen LogP contribution in [-0.2, 0) is 0 Å². The Kier molecular flexibility index (Phi) is 2.03. The third-order valence-electron chi connectivity index (χ3n) is 1.69. The van der Waals surface area contributed by atoms with Gasteiger partial charge in [-0.1, -0.05) is 0 Å². The third-order valence-corrected chi connectivity index (χ3v) is 2.51. The second kappa shape index (κ2) is 3.06. The van der Waals surface area contributed by atoms with Crippen LogP contribution in [0, 0.1) is 9.39 Å². The molecule has 66 valence electrons. The molecule has 1 aromatic heterocycles. The summed E-state index contributed by atoms with van der Waals surface area (Å²) in [6, 6.07) is 2.75. The van der Waals surface area contributed by atoms with Crippen molar-refractivity contribution in [2.24, 2.45) is 0 Å². The van der Waals surface area contributed by atoms with Gasteiger partial charge in [-0.3, -0.25) is 0 Å². The summed E-state index contributed by atoms with van der Waals surface area (Å²) in [5, 5.41) is 0.562. The van der Waals surface area contributed by atoms with Crippen molar-refractivity contribution in [2.75, 3.05) is 5.73 Å². The molecule has 0 aliphatic carbocycles. The molecule has 2 aromatic rings. The highest BCUT2D eigenvalue weighted by atomic mass is 127. The molecule has 0 amide bonds. The maximum Gasteiger partial charge on any atom is 0.134 e. The van der Waals surface area contributed by atoms with Gasteiger partial charge in [0.25, 0.3) is 0 Å². The fourth-order valence-corrected chi connectivity index (χ4v) is 1.84. The lowest BCUT2D eigenvalue weighted by molar-refractivity contribution is 0.628. The number of nitrogens with two attached hydrogens (primary N) is 1. The van der Waals surface area contributed by atoms with Gasteiger partial charge in [0.15, 0.2) is 0 Å². The van der Waals surface area contributed by atoms with Crippen LogP contribution in [0.2, 0.25) is 0 Å². The molecule has 2 N–H and O–H groups in total. The molecule has 3 nitrogen and oxygen atoms in total. The minimum Gasteiger partial charge on any atom is -0.383 e. The Balaban J connectivity index is 2.94. The first-order valence-corrected chi connectivity index (χ1v) is 4.61. The van der Waals surface area contributed by atoms with Gasteiger partial charge in [-0.05, 0) is 34.7 Å². The van der Waals surface area contributed by atoms with Crippen molar-refractivity contribution >= 4 is 39.3 Å². The lowest BCUT2D eigenvalue weighted by Gasteiger charge is -2.01. The molecule has 1 aromatic carbocycles. The Hall–Kier alpha value is -0.980. The zero-order chi connectivity index (χ0) is 9.42. The van der Waals surface area contributed by atoms with Crippen LogP contribution < -0.4 is 5.73 Å². The molecule has 0 fully saturated rings. The minimum atomic E-state index is -0.321. The fourth-order valence-electron chi connectivity index (χ4n) is 1.11. The van der Waals surface area contributed by atoms with Crippen LogP contribution >= 0.6 is 22.6 Å². The smallest absolute Gasteiger partial charge is 0.134 e. The van der Waals surface area contributed by atoms with E-state index in [2.05, 4.69) is 9.97 Å². The molecule has 0 radical (unpaired) electrons. The van der Waals surface area contributed by atoms with E-state index in [1.165, 1.54) is 18.5 Å². The highest BCUT2D eigenvalue weighted by Gasteiger charge is 2.05. The average Bonchev–Trinajstić information content (AvgIpc) is 2.07. The Morgan fingerprint density at radius 3 is 2.85 bits per heavy atom. The predicted molar refractivity (Wildman–Crippen MR) is 56.6 cm³/mol. The van der Waals surface area contributed by atoms with Crippen LogP contribution in [0.5, 0.6) is 0 Å². The SMILES string of the molecule is Nc1ncnc2c(I)cc(F)cc12. The minimum absolute atomic E-state index is 0.308. The normalized spacial score (nSPS) is 10.6. The van der Waals surface area contributed by atoms with Crippen molar-refractivity contribution in [1.29, 1.82) is 0 Å². The molecule has 0 bridgehead atoms. The molecule has 0 aliphatic rings. The first-order valence-electron chi connectivity index (χ1n) is 3.53. The number of anilines is 1. The maximum atomic E-state index is 13.0. The number of aromatic nitrogens is 2. The number of benzene rings is 1. The molecule has 0 aliphatic heterocycles. The van der Waals surface area contributed by atoms with E-state index >= 15 is 0 Å². The summed E-state index contributed by atoms with van der Waals surface area (Å²) in [4.78, 5) is 7.80. The number of hydrogen-bond donors (Lipinski definition) is 1. The maximum absolute atomic E-state index is 13.0. The van der Waals surface area contributed by atoms with Crippen LogP contribution in [0.15, 0.2) is 18.5 Å². The number of nitrogens with zero attached hydrogens (tertiary/aromatic N) is 2. The van der Waals surface area contributed by atoms with Crippen LogP contribution in [0.4, 0.5) is 10.2 Å². The molecule has 0 atom stereocenters. The van der Waals surface area contributed by atoms with Gasteiger partial charge in [0, 0.05) is 8.96 Å². The van der Waals surface area contributed by atoms with Crippen molar-refractivity contribution in [3.63, 3.8) is 0 Å². The molecule has 5 heteroatoms. The van der Waals surface area contributed by atoms with Crippen LogP contribution in [0.1, 0.15) is 0 Å². The van der Waals surface area contributed by atoms with Gasteiger partial charge in [0.2, 0.25) is 0 Å². The van der Waals surface area contributed by atoms with Crippen LogP contribution in [0.25, 0.3) is 10.9 Å². The van der Waals surface area contributed by atoms with Crippen molar-refractivity contribution in [1.82, 2.24) is 9.97 Å². The van der Waals surface area contributed by atoms with E-state index in [9.17, 15) is 4.39 Å². The number of hydrogen-bond acceptors (Lipinski definition) is 3. The quantitative estimate of drug-likeness (QED) is 0.754. The molecule has 1 heterocycles. The number of halogens is 2. The van der Waals surface area contributed by atoms with E-state index in [-0.39, 0.29) is 5.82 Å². The number of nitrogen functional groups attached to an aromatic ring is 1. The monoisotopic (exact) mass is 289 g/mol. The standard InChI is InChI=1S/C8H5FIN3/c9-4-1-5-7(6(10)2-4)12-3-13-8(5)11/h1-3H,(H2,11,12,13). The summed E-state index contributed by atoms with van der Waals surface area (Å²) in [7, 11) is 0. The van der Waals surface area contributed by atoms with E-state index < -0.39 is 0 Å². The van der Waals surface area contributed by atoms with Gasteiger partial charge in [0.05, 0.1) is 5.52 Å². The van der Waals surface area contributed by atoms with Crippen molar-refractivity contribution in [3.8, 4) is 0 Å². The van der Waals surface area contributed by atoms with E-state index in [1.54, 1.807) is 0 Å². The van der Waals surface area contributed by atoms with Crippen molar-refractivity contribution < 1.29 is 4.39 Å². The Morgan fingerprint density at radius 1 is 1.31 bits per heavy atom. The first-order chi connectivity index (χ1) is 6.18. The van der Waals surface area contributed by atoms with Gasteiger partial charge >= 0.3 is 0 Å². The lowest BCUT2D eigenvalue weighted by atomic mass is 10.2. The fraction of sp³-hybridized carbons (Fsp3) is 0. The molecule has 0 saturated heterocycles. The zero-order valence-electron chi connectivity index (χ0n) is 6.46. The van der Waals surface area contributed by atoms with E-state index in [1.807, 2.05) is 22.6 Å². The molecule has 13 heavy (non-hydrogen) atoms. The van der Waals surface area contributed by atoms with Gasteiger partial charge in [-0.15, -0.1) is 0 Å². The number of rotatable bonds is 0. The van der Waals surface area contributed by atoms with Gasteiger partial charge in [0.1, 0.15) is 18.0 Å². The van der Waals surface area contributed by atoms with Crippen LogP contribution in [-0.4, -0.2) is 9.97 Å². The third kappa shape index (κ3) is 1.43. The molecule has 0 spiro atoms. The zero-order valence-corrected chi connectivity index (χ0v) is 8.62. The summed E-state index contributed by atoms with van der Waals surface area (Å²) in [5.41, 5.74) is 6.26. The average molecular weight is 289 g/mol. The van der Waals surface area contributed by atoms with Gasteiger partial charge in [-0.25, -0.2) is 14.4 Å². The molecule has 0 unspecified atom stereocenters. The summed E-state index contributed by atoms with van der Waals surface area (Å²) in [6.45, 7) is 0. The van der Waals surface area contributed by atoms with E-state index in [0.29, 0.717) is 16.7 Å². The molecular weight excluding hydrogens is 284 g/mol. The highest BCUT2D eigenvalue weighted by molar-refractivity contribution is 14.1. The topological polar surface area (TPSA) is 51.8 Å². The van der Waals surface area contributed by atoms with E-state index in [4.69, 9.17) is 5.73 Å². The van der Waals surface area contributed by atoms with Gasteiger partial charge in [-0.2, -0.15) is 0 Å². The second-order valence-corrected chi connectivity index (χ2v) is 3.70. The first kappa shape index (κ1) is 8.61. The van der Waals surface area contributed by atoms with E-state index in [0.717, 1.165) is 3.57 Å². The van der Waals surface area contributed by atoms with Gasteiger partial charge < -0.3 is 5.73 Å². The molecule has 2 rings (SSSR count). The Bertz CT molecular complexity index is 472. The van der Waals surface area contributed by atoms with Crippen molar-refractivity contribution in [3.05, 3.63) is 27.8 Å². The summed E-state index contributed by atoms with van der Waals surface area (Å²) in [5.74, 6) is -0.0131. The second-order valence-electron chi connectivity index (χ2n) is 2.54. The lowest BCUT2D eigenvalue weighted by Crippen LogP contribution is -1.95. The Morgan fingerprint density at radius 2 is 2.08 bits per heavy atom. The largest absolute Gasteiger partial charge is 0.383 e. The molecule has 0 saturated carbocycles. The highest BCUT2D eigenvalue weighted by Crippen LogP contribution is 2.22. The summed E-state index contributed by atoms with van der Waals surface area (Å²) < 4.78 is 13.7. The van der Waals surface area contributed by atoms with Crippen LogP contribution in [0.3, 0.4) is 0 Å².